The van der Waals surface area contributed by atoms with Gasteiger partial charge in [0, 0.05) is 15.8 Å². The Kier molecular flexibility index (Phi) is 7.27. The summed E-state index contributed by atoms with van der Waals surface area (Å²) in [5, 5.41) is 8.46. The van der Waals surface area contributed by atoms with Crippen LogP contribution in [0.25, 0.3) is 10.8 Å². The molecule has 0 saturated heterocycles. The van der Waals surface area contributed by atoms with Crippen LogP contribution in [-0.4, -0.2) is 11.0 Å². The molecular weight excluding hydrogens is 522 g/mol. The van der Waals surface area contributed by atoms with Crippen LogP contribution in [0.2, 0.25) is 20.1 Å². The predicted molar refractivity (Wildman–Crippen MR) is 141 cm³/mol. The van der Waals surface area contributed by atoms with Crippen LogP contribution in [0.15, 0.2) is 72.8 Å². The summed E-state index contributed by atoms with van der Waals surface area (Å²) >= 11 is 30.5. The Bertz CT molecular complexity index is 1390. The summed E-state index contributed by atoms with van der Waals surface area (Å²) in [6.45, 7) is 0. The molecule has 4 aromatic rings. The zero-order valence-electron chi connectivity index (χ0n) is 16.7. The van der Waals surface area contributed by atoms with Crippen LogP contribution >= 0.6 is 58.6 Å². The van der Waals surface area contributed by atoms with Gasteiger partial charge in [0.25, 0.3) is 5.91 Å². The molecule has 0 fully saturated rings. The number of carbonyl (C=O) groups excluding carboxylic acids is 1. The molecule has 0 radical (unpaired) electrons. The molecule has 0 aliphatic carbocycles. The van der Waals surface area contributed by atoms with E-state index in [0.29, 0.717) is 32.8 Å². The fraction of sp³-hybridized carbons (Fsp3) is 0. The van der Waals surface area contributed by atoms with Crippen LogP contribution in [0.4, 0.5) is 5.69 Å². The van der Waals surface area contributed by atoms with Gasteiger partial charge in [-0.2, -0.15) is 0 Å². The van der Waals surface area contributed by atoms with E-state index in [2.05, 4.69) is 10.6 Å². The van der Waals surface area contributed by atoms with Gasteiger partial charge >= 0.3 is 0 Å². The van der Waals surface area contributed by atoms with Crippen molar-refractivity contribution in [3.8, 4) is 11.5 Å². The monoisotopic (exact) mass is 534 g/mol. The van der Waals surface area contributed by atoms with E-state index in [0.717, 1.165) is 10.8 Å². The van der Waals surface area contributed by atoms with E-state index in [1.54, 1.807) is 48.5 Å². The number of anilines is 1. The van der Waals surface area contributed by atoms with E-state index < -0.39 is 5.91 Å². The summed E-state index contributed by atoms with van der Waals surface area (Å²) in [5.74, 6) is 0.483. The fourth-order valence-electron chi connectivity index (χ4n) is 3.12. The third kappa shape index (κ3) is 5.18. The molecule has 1 amide bonds. The maximum Gasteiger partial charge on any atom is 0.258 e. The average molecular weight is 536 g/mol. The molecule has 4 aromatic carbocycles. The van der Waals surface area contributed by atoms with Crippen molar-refractivity contribution in [2.24, 2.45) is 0 Å². The Balaban J connectivity index is 1.52. The molecule has 33 heavy (non-hydrogen) atoms. The number of hydrogen-bond donors (Lipinski definition) is 2. The highest BCUT2D eigenvalue weighted by Gasteiger charge is 2.16. The van der Waals surface area contributed by atoms with Crippen molar-refractivity contribution < 1.29 is 9.53 Å². The van der Waals surface area contributed by atoms with E-state index in [1.165, 1.54) is 0 Å². The number of thiocarbonyl (C=S) groups is 1. The van der Waals surface area contributed by atoms with Gasteiger partial charge in [0.1, 0.15) is 16.5 Å². The molecule has 0 unspecified atom stereocenters. The minimum absolute atomic E-state index is 0.0373. The van der Waals surface area contributed by atoms with Gasteiger partial charge in [0.15, 0.2) is 5.11 Å². The number of benzene rings is 4. The maximum atomic E-state index is 12.4. The molecule has 4 nitrogen and oxygen atoms in total. The quantitative estimate of drug-likeness (QED) is 0.258. The Hall–Kier alpha value is -2.54. The molecule has 2 N–H and O–H groups in total. The van der Waals surface area contributed by atoms with Crippen LogP contribution in [0.5, 0.6) is 11.5 Å². The minimum Gasteiger partial charge on any atom is -0.455 e. The molecule has 9 heteroatoms. The number of nitrogens with one attached hydrogen (secondary N) is 2. The van der Waals surface area contributed by atoms with Crippen LogP contribution in [0.1, 0.15) is 10.4 Å². The number of rotatable bonds is 4. The van der Waals surface area contributed by atoms with Crippen molar-refractivity contribution in [3.63, 3.8) is 0 Å². The first-order valence-electron chi connectivity index (χ1n) is 9.55. The molecule has 0 aromatic heterocycles. The highest BCUT2D eigenvalue weighted by atomic mass is 35.5. The van der Waals surface area contributed by atoms with Gasteiger partial charge in [-0.25, -0.2) is 0 Å². The van der Waals surface area contributed by atoms with E-state index in [4.69, 9.17) is 63.4 Å². The second-order valence-electron chi connectivity index (χ2n) is 6.82. The lowest BCUT2D eigenvalue weighted by atomic mass is 10.1. The number of hydrogen-bond acceptors (Lipinski definition) is 3. The Labute approximate surface area is 215 Å². The third-order valence-electron chi connectivity index (χ3n) is 4.69. The highest BCUT2D eigenvalue weighted by Crippen LogP contribution is 2.41. The lowest BCUT2D eigenvalue weighted by molar-refractivity contribution is 0.0978. The smallest absolute Gasteiger partial charge is 0.258 e. The van der Waals surface area contributed by atoms with Gasteiger partial charge in [0.2, 0.25) is 0 Å². The molecule has 0 saturated carbocycles. The number of fused-ring (bicyclic) bond motifs is 1. The van der Waals surface area contributed by atoms with Crippen molar-refractivity contribution in [3.05, 3.63) is 98.5 Å². The first-order chi connectivity index (χ1) is 15.8. The van der Waals surface area contributed by atoms with Crippen molar-refractivity contribution in [2.75, 3.05) is 5.32 Å². The fourth-order valence-corrected chi connectivity index (χ4v) is 4.18. The SMILES string of the molecule is O=C(NC(=S)Nc1ccc(Oc2ccc(Cl)c3ccccc23)c(Cl)c1Cl)c1ccccc1Cl. The number of ether oxygens (including phenoxy) is 1. The summed E-state index contributed by atoms with van der Waals surface area (Å²) in [6, 6.07) is 21.1. The van der Waals surface area contributed by atoms with Gasteiger partial charge in [-0.15, -0.1) is 0 Å². The first kappa shape index (κ1) is 23.6. The van der Waals surface area contributed by atoms with Crippen molar-refractivity contribution in [1.29, 1.82) is 0 Å². The standard InChI is InChI=1S/C24H14Cl4N2O2S/c25-16-8-4-3-7-15(16)23(31)30-24(33)29-18-10-12-20(22(28)21(18)27)32-19-11-9-17(26)13-5-1-2-6-14(13)19/h1-12H,(H2,29,30,31,33). The van der Waals surface area contributed by atoms with Gasteiger partial charge in [-0.3, -0.25) is 10.1 Å². The molecule has 0 atom stereocenters. The summed E-state index contributed by atoms with van der Waals surface area (Å²) in [5.41, 5.74) is 0.700. The van der Waals surface area contributed by atoms with Gasteiger partial charge in [-0.1, -0.05) is 82.8 Å². The molecule has 0 aliphatic heterocycles. The third-order valence-corrected chi connectivity index (χ3v) is 6.42. The van der Waals surface area contributed by atoms with Crippen LogP contribution in [-0.2, 0) is 0 Å². The van der Waals surface area contributed by atoms with Crippen LogP contribution < -0.4 is 15.4 Å². The second kappa shape index (κ2) is 10.2. The second-order valence-corrected chi connectivity index (χ2v) is 8.80. The Morgan fingerprint density at radius 1 is 0.727 bits per heavy atom. The van der Waals surface area contributed by atoms with E-state index in [1.807, 2.05) is 24.3 Å². The molecule has 0 spiro atoms. The Morgan fingerprint density at radius 2 is 1.39 bits per heavy atom. The summed E-state index contributed by atoms with van der Waals surface area (Å²) in [7, 11) is 0. The van der Waals surface area contributed by atoms with Crippen LogP contribution in [0.3, 0.4) is 0 Å². The maximum absolute atomic E-state index is 12.4. The molecular formula is C24H14Cl4N2O2S. The molecule has 0 bridgehead atoms. The van der Waals surface area contributed by atoms with Crippen molar-refractivity contribution >= 4 is 86.1 Å². The van der Waals surface area contributed by atoms with E-state index in [9.17, 15) is 4.79 Å². The topological polar surface area (TPSA) is 50.4 Å². The molecule has 166 valence electrons. The lowest BCUT2D eigenvalue weighted by Gasteiger charge is -2.15. The molecule has 4 rings (SSSR count). The minimum atomic E-state index is -0.449. The van der Waals surface area contributed by atoms with Gasteiger partial charge in [-0.05, 0) is 48.6 Å². The predicted octanol–water partition coefficient (Wildman–Crippen LogP) is 8.37. The van der Waals surface area contributed by atoms with Gasteiger partial charge < -0.3 is 10.1 Å². The zero-order valence-corrected chi connectivity index (χ0v) is 20.5. The summed E-state index contributed by atoms with van der Waals surface area (Å²) < 4.78 is 6.03. The number of halogens is 4. The van der Waals surface area contributed by atoms with Crippen LogP contribution in [0, 0.1) is 0 Å². The summed E-state index contributed by atoms with van der Waals surface area (Å²) in [4.78, 5) is 12.4. The molecule has 0 heterocycles. The largest absolute Gasteiger partial charge is 0.455 e. The lowest BCUT2D eigenvalue weighted by Crippen LogP contribution is -2.34. The Morgan fingerprint density at radius 3 is 2.15 bits per heavy atom. The highest BCUT2D eigenvalue weighted by molar-refractivity contribution is 7.80. The van der Waals surface area contributed by atoms with Crippen molar-refractivity contribution in [2.45, 2.75) is 0 Å². The average Bonchev–Trinajstić information content (AvgIpc) is 2.81. The van der Waals surface area contributed by atoms with Crippen molar-refractivity contribution in [1.82, 2.24) is 5.32 Å². The van der Waals surface area contributed by atoms with E-state index >= 15 is 0 Å². The number of carbonyl (C=O) groups is 1. The normalized spacial score (nSPS) is 10.7. The van der Waals surface area contributed by atoms with E-state index in [-0.39, 0.29) is 15.2 Å². The first-order valence-corrected chi connectivity index (χ1v) is 11.5. The molecule has 0 aliphatic rings. The number of amides is 1. The summed E-state index contributed by atoms with van der Waals surface area (Å²) in [6.07, 6.45) is 0. The zero-order chi connectivity index (χ0) is 23.5. The van der Waals surface area contributed by atoms with Gasteiger partial charge in [0.05, 0.1) is 21.3 Å².